The monoisotopic (exact) mass is 324 g/mol. The fraction of sp³-hybridized carbons (Fsp3) is 0.231. The molecule has 0 aliphatic rings. The van der Waals surface area contributed by atoms with Crippen molar-refractivity contribution in [1.82, 2.24) is 9.97 Å². The number of nitrogens with zero attached hydrogens (tertiary/aromatic N) is 2. The van der Waals surface area contributed by atoms with Crippen LogP contribution in [0.3, 0.4) is 0 Å². The van der Waals surface area contributed by atoms with Crippen LogP contribution in [-0.4, -0.2) is 16.5 Å². The van der Waals surface area contributed by atoms with Crippen molar-refractivity contribution in [3.63, 3.8) is 0 Å². The first-order chi connectivity index (χ1) is 9.08. The maximum atomic E-state index is 13.7. The van der Waals surface area contributed by atoms with Crippen molar-refractivity contribution in [3.05, 3.63) is 40.4 Å². The topological polar surface area (TPSA) is 49.8 Å². The standard InChI is InChI=1S/C13H14BrFN4/c1-3-16-12-7-13(18-8(2)17-12)19-11-6-9(14)4-5-10(11)15/h4-7H,3H2,1-2H3,(H2,16,17,18,19). The second kappa shape index (κ2) is 5.97. The Bertz CT molecular complexity index is 589. The molecule has 1 aromatic carbocycles. The lowest BCUT2D eigenvalue weighted by atomic mass is 10.3. The summed E-state index contributed by atoms with van der Waals surface area (Å²) in [5, 5.41) is 6.06. The number of benzene rings is 1. The number of nitrogens with one attached hydrogen (secondary N) is 2. The first-order valence-electron chi connectivity index (χ1n) is 5.90. The SMILES string of the molecule is CCNc1cc(Nc2cc(Br)ccc2F)nc(C)n1. The van der Waals surface area contributed by atoms with Crippen molar-refractivity contribution in [2.75, 3.05) is 17.2 Å². The molecule has 6 heteroatoms. The van der Waals surface area contributed by atoms with Gasteiger partial charge < -0.3 is 10.6 Å². The van der Waals surface area contributed by atoms with Crippen LogP contribution in [0.1, 0.15) is 12.7 Å². The van der Waals surface area contributed by atoms with Gasteiger partial charge in [-0.1, -0.05) is 15.9 Å². The van der Waals surface area contributed by atoms with Crippen molar-refractivity contribution in [3.8, 4) is 0 Å². The van der Waals surface area contributed by atoms with Gasteiger partial charge in [0, 0.05) is 17.1 Å². The van der Waals surface area contributed by atoms with Gasteiger partial charge in [-0.15, -0.1) is 0 Å². The molecule has 0 unspecified atom stereocenters. The molecule has 4 nitrogen and oxygen atoms in total. The van der Waals surface area contributed by atoms with Gasteiger partial charge in [0.2, 0.25) is 0 Å². The highest BCUT2D eigenvalue weighted by Gasteiger charge is 2.06. The molecule has 0 atom stereocenters. The Morgan fingerprint density at radius 3 is 2.68 bits per heavy atom. The second-order valence-electron chi connectivity index (χ2n) is 3.97. The number of anilines is 3. The van der Waals surface area contributed by atoms with Crippen LogP contribution in [0, 0.1) is 12.7 Å². The van der Waals surface area contributed by atoms with E-state index in [-0.39, 0.29) is 5.82 Å². The zero-order chi connectivity index (χ0) is 13.8. The van der Waals surface area contributed by atoms with Crippen LogP contribution in [0.25, 0.3) is 0 Å². The van der Waals surface area contributed by atoms with E-state index in [0.29, 0.717) is 23.1 Å². The minimum atomic E-state index is -0.329. The molecule has 0 spiro atoms. The van der Waals surface area contributed by atoms with E-state index >= 15 is 0 Å². The average molecular weight is 325 g/mol. The second-order valence-corrected chi connectivity index (χ2v) is 4.88. The molecule has 1 heterocycles. The highest BCUT2D eigenvalue weighted by Crippen LogP contribution is 2.23. The molecule has 0 saturated heterocycles. The molecule has 2 aromatic rings. The third kappa shape index (κ3) is 3.64. The van der Waals surface area contributed by atoms with Crippen LogP contribution in [-0.2, 0) is 0 Å². The molecule has 0 fully saturated rings. The molecule has 2 N–H and O–H groups in total. The van der Waals surface area contributed by atoms with Gasteiger partial charge in [0.05, 0.1) is 5.69 Å². The number of rotatable bonds is 4. The van der Waals surface area contributed by atoms with Crippen LogP contribution < -0.4 is 10.6 Å². The number of hydrogen-bond acceptors (Lipinski definition) is 4. The molecule has 1 aromatic heterocycles. The summed E-state index contributed by atoms with van der Waals surface area (Å²) in [5.41, 5.74) is 0.370. The smallest absolute Gasteiger partial charge is 0.146 e. The highest BCUT2D eigenvalue weighted by molar-refractivity contribution is 9.10. The molecular weight excluding hydrogens is 311 g/mol. The summed E-state index contributed by atoms with van der Waals surface area (Å²) in [6.07, 6.45) is 0. The molecule has 0 aliphatic carbocycles. The Morgan fingerprint density at radius 2 is 1.95 bits per heavy atom. The molecule has 19 heavy (non-hydrogen) atoms. The lowest BCUT2D eigenvalue weighted by molar-refractivity contribution is 0.631. The van der Waals surface area contributed by atoms with Crippen LogP contribution in [0.15, 0.2) is 28.7 Å². The summed E-state index contributed by atoms with van der Waals surface area (Å²) in [4.78, 5) is 8.48. The minimum absolute atomic E-state index is 0.329. The van der Waals surface area contributed by atoms with Gasteiger partial charge in [0.15, 0.2) is 0 Å². The van der Waals surface area contributed by atoms with Crippen molar-refractivity contribution < 1.29 is 4.39 Å². The quantitative estimate of drug-likeness (QED) is 0.896. The number of aromatic nitrogens is 2. The Kier molecular flexibility index (Phi) is 4.31. The summed E-state index contributed by atoms with van der Waals surface area (Å²) >= 11 is 3.31. The van der Waals surface area contributed by atoms with E-state index in [1.807, 2.05) is 6.92 Å². The van der Waals surface area contributed by atoms with Crippen LogP contribution in [0.4, 0.5) is 21.7 Å². The zero-order valence-corrected chi connectivity index (χ0v) is 12.3. The van der Waals surface area contributed by atoms with Gasteiger partial charge in [-0.05, 0) is 32.0 Å². The normalized spacial score (nSPS) is 10.3. The van der Waals surface area contributed by atoms with E-state index in [0.717, 1.165) is 11.0 Å². The number of aryl methyl sites for hydroxylation is 1. The largest absolute Gasteiger partial charge is 0.370 e. The maximum absolute atomic E-state index is 13.7. The number of hydrogen-bond donors (Lipinski definition) is 2. The summed E-state index contributed by atoms with van der Waals surface area (Å²) in [6, 6.07) is 6.46. The summed E-state index contributed by atoms with van der Waals surface area (Å²) in [7, 11) is 0. The van der Waals surface area contributed by atoms with Gasteiger partial charge in [0.25, 0.3) is 0 Å². The van der Waals surface area contributed by atoms with E-state index < -0.39 is 0 Å². The molecule has 0 radical (unpaired) electrons. The summed E-state index contributed by atoms with van der Waals surface area (Å²) in [6.45, 7) is 4.54. The maximum Gasteiger partial charge on any atom is 0.146 e. The van der Waals surface area contributed by atoms with Gasteiger partial charge in [-0.2, -0.15) is 0 Å². The van der Waals surface area contributed by atoms with E-state index in [2.05, 4.69) is 36.5 Å². The zero-order valence-electron chi connectivity index (χ0n) is 10.7. The Hall–Kier alpha value is -1.69. The predicted molar refractivity (Wildman–Crippen MR) is 78.3 cm³/mol. The minimum Gasteiger partial charge on any atom is -0.370 e. The molecule has 0 aliphatic heterocycles. The molecule has 100 valence electrons. The summed E-state index contributed by atoms with van der Waals surface area (Å²) in [5.74, 6) is 1.56. The molecule has 0 bridgehead atoms. The lowest BCUT2D eigenvalue weighted by Crippen LogP contribution is -2.04. The molecule has 0 saturated carbocycles. The Balaban J connectivity index is 2.29. The fourth-order valence-corrected chi connectivity index (χ4v) is 2.00. The lowest BCUT2D eigenvalue weighted by Gasteiger charge is -2.10. The van der Waals surface area contributed by atoms with Crippen molar-refractivity contribution in [2.45, 2.75) is 13.8 Å². The van der Waals surface area contributed by atoms with Gasteiger partial charge >= 0.3 is 0 Å². The third-order valence-electron chi connectivity index (χ3n) is 2.39. The molecule has 2 rings (SSSR count). The van der Waals surface area contributed by atoms with E-state index in [1.165, 1.54) is 6.07 Å². The first-order valence-corrected chi connectivity index (χ1v) is 6.69. The van der Waals surface area contributed by atoms with E-state index in [1.54, 1.807) is 25.1 Å². The van der Waals surface area contributed by atoms with Crippen molar-refractivity contribution in [1.29, 1.82) is 0 Å². The van der Waals surface area contributed by atoms with Gasteiger partial charge in [0.1, 0.15) is 23.3 Å². The van der Waals surface area contributed by atoms with Gasteiger partial charge in [-0.25, -0.2) is 14.4 Å². The average Bonchev–Trinajstić information content (AvgIpc) is 2.33. The van der Waals surface area contributed by atoms with Crippen LogP contribution >= 0.6 is 15.9 Å². The van der Waals surface area contributed by atoms with Crippen molar-refractivity contribution >= 4 is 33.3 Å². The van der Waals surface area contributed by atoms with E-state index in [9.17, 15) is 4.39 Å². The Morgan fingerprint density at radius 1 is 1.21 bits per heavy atom. The number of halogens is 2. The predicted octanol–water partition coefficient (Wildman–Crippen LogP) is 3.86. The first kappa shape index (κ1) is 13.7. The summed E-state index contributed by atoms with van der Waals surface area (Å²) < 4.78 is 14.5. The molecular formula is C13H14BrFN4. The fourth-order valence-electron chi connectivity index (χ4n) is 1.63. The highest BCUT2D eigenvalue weighted by atomic mass is 79.9. The van der Waals surface area contributed by atoms with Crippen LogP contribution in [0.5, 0.6) is 0 Å². The Labute approximate surface area is 119 Å². The molecule has 0 amide bonds. The van der Waals surface area contributed by atoms with Crippen molar-refractivity contribution in [2.24, 2.45) is 0 Å². The van der Waals surface area contributed by atoms with Gasteiger partial charge in [-0.3, -0.25) is 0 Å². The van der Waals surface area contributed by atoms with E-state index in [4.69, 9.17) is 0 Å². The third-order valence-corrected chi connectivity index (χ3v) is 2.88. The van der Waals surface area contributed by atoms with Crippen LogP contribution in [0.2, 0.25) is 0 Å².